The molecule has 1 heterocycles. The van der Waals surface area contributed by atoms with Crippen LogP contribution in [-0.2, 0) is 9.53 Å². The summed E-state index contributed by atoms with van der Waals surface area (Å²) in [5.41, 5.74) is 0. The van der Waals surface area contributed by atoms with Crippen LogP contribution >= 0.6 is 0 Å². The largest absolute Gasteiger partial charge is 0.381 e. The zero-order chi connectivity index (χ0) is 9.97. The van der Waals surface area contributed by atoms with Crippen LogP contribution in [0.15, 0.2) is 0 Å². The fraction of sp³-hybridized carbons (Fsp3) is 0.917. The van der Waals surface area contributed by atoms with Gasteiger partial charge in [0.25, 0.3) is 0 Å². The van der Waals surface area contributed by atoms with E-state index in [0.717, 1.165) is 44.8 Å². The smallest absolute Gasteiger partial charge is 0.136 e. The lowest BCUT2D eigenvalue weighted by Crippen LogP contribution is -2.31. The summed E-state index contributed by atoms with van der Waals surface area (Å²) >= 11 is 0. The highest BCUT2D eigenvalue weighted by molar-refractivity contribution is 5.82. The van der Waals surface area contributed by atoms with Crippen LogP contribution < -0.4 is 0 Å². The van der Waals surface area contributed by atoms with Crippen molar-refractivity contribution in [1.82, 2.24) is 0 Å². The maximum atomic E-state index is 11.8. The Hall–Kier alpha value is -0.370. The van der Waals surface area contributed by atoms with E-state index in [1.54, 1.807) is 0 Å². The Kier molecular flexibility index (Phi) is 3.22. The second-order valence-corrected chi connectivity index (χ2v) is 4.75. The number of carbonyl (C=O) groups is 1. The van der Waals surface area contributed by atoms with Crippen molar-refractivity contribution in [2.75, 3.05) is 13.2 Å². The maximum Gasteiger partial charge on any atom is 0.136 e. The molecule has 0 bridgehead atoms. The van der Waals surface area contributed by atoms with Crippen molar-refractivity contribution in [3.8, 4) is 0 Å². The fourth-order valence-electron chi connectivity index (χ4n) is 2.84. The molecule has 3 atom stereocenters. The molecule has 0 aromatic carbocycles. The van der Waals surface area contributed by atoms with E-state index in [-0.39, 0.29) is 0 Å². The molecule has 2 heteroatoms. The van der Waals surface area contributed by atoms with Crippen LogP contribution in [-0.4, -0.2) is 19.0 Å². The number of carbonyl (C=O) groups excluding carboxylic acids is 1. The van der Waals surface area contributed by atoms with Crippen LogP contribution in [0.1, 0.15) is 39.0 Å². The highest BCUT2D eigenvalue weighted by Gasteiger charge is 2.35. The Labute approximate surface area is 86.0 Å². The highest BCUT2D eigenvalue weighted by atomic mass is 16.5. The number of ketones is 1. The predicted octanol–water partition coefficient (Wildman–Crippen LogP) is 2.42. The summed E-state index contributed by atoms with van der Waals surface area (Å²) in [5, 5.41) is 0. The molecular formula is C12H20O2. The van der Waals surface area contributed by atoms with Crippen molar-refractivity contribution in [3.63, 3.8) is 0 Å². The van der Waals surface area contributed by atoms with E-state index in [4.69, 9.17) is 4.74 Å². The molecule has 3 unspecified atom stereocenters. The minimum atomic E-state index is 0.330. The molecule has 1 saturated heterocycles. The number of rotatable bonds is 2. The standard InChI is InChI=1S/C12H20O2/c1-2-9-3-4-12(13)11(7-9)10-5-6-14-8-10/h9-11H,2-8H2,1H3. The summed E-state index contributed by atoms with van der Waals surface area (Å²) in [6.45, 7) is 3.93. The third-order valence-electron chi connectivity index (χ3n) is 3.91. The van der Waals surface area contributed by atoms with Gasteiger partial charge < -0.3 is 4.74 Å². The molecule has 0 N–H and O–H groups in total. The van der Waals surface area contributed by atoms with Gasteiger partial charge >= 0.3 is 0 Å². The number of Topliss-reactive ketones (excluding diaryl/α,β-unsaturated/α-hetero) is 1. The Morgan fingerprint density at radius 2 is 2.29 bits per heavy atom. The van der Waals surface area contributed by atoms with Crippen molar-refractivity contribution >= 4 is 5.78 Å². The minimum Gasteiger partial charge on any atom is -0.381 e. The SMILES string of the molecule is CCC1CCC(=O)C(C2CCOC2)C1. The second-order valence-electron chi connectivity index (χ2n) is 4.75. The molecule has 80 valence electrons. The molecule has 1 aliphatic heterocycles. The average Bonchev–Trinajstić information content (AvgIpc) is 2.71. The van der Waals surface area contributed by atoms with Gasteiger partial charge in [0.15, 0.2) is 0 Å². The van der Waals surface area contributed by atoms with E-state index in [9.17, 15) is 4.79 Å². The van der Waals surface area contributed by atoms with E-state index in [0.29, 0.717) is 17.6 Å². The predicted molar refractivity (Wildman–Crippen MR) is 55.1 cm³/mol. The van der Waals surface area contributed by atoms with Crippen molar-refractivity contribution in [1.29, 1.82) is 0 Å². The lowest BCUT2D eigenvalue weighted by atomic mass is 9.73. The van der Waals surface area contributed by atoms with E-state index >= 15 is 0 Å². The topological polar surface area (TPSA) is 26.3 Å². The first kappa shape index (κ1) is 10.2. The zero-order valence-corrected chi connectivity index (χ0v) is 9.00. The van der Waals surface area contributed by atoms with E-state index < -0.39 is 0 Å². The molecule has 0 amide bonds. The zero-order valence-electron chi connectivity index (χ0n) is 9.00. The van der Waals surface area contributed by atoms with Crippen LogP contribution in [0.5, 0.6) is 0 Å². The first-order valence-electron chi connectivity index (χ1n) is 5.91. The van der Waals surface area contributed by atoms with Crippen molar-refractivity contribution < 1.29 is 9.53 Å². The number of hydrogen-bond acceptors (Lipinski definition) is 2. The fourth-order valence-corrected chi connectivity index (χ4v) is 2.84. The van der Waals surface area contributed by atoms with E-state index in [1.165, 1.54) is 6.42 Å². The quantitative estimate of drug-likeness (QED) is 0.678. The molecule has 1 aliphatic carbocycles. The third kappa shape index (κ3) is 2.00. The molecule has 0 radical (unpaired) electrons. The molecule has 2 rings (SSSR count). The van der Waals surface area contributed by atoms with Crippen molar-refractivity contribution in [2.45, 2.75) is 39.0 Å². The Morgan fingerprint density at radius 3 is 2.93 bits per heavy atom. The van der Waals surface area contributed by atoms with Gasteiger partial charge in [-0.05, 0) is 31.1 Å². The summed E-state index contributed by atoms with van der Waals surface area (Å²) in [4.78, 5) is 11.8. The highest BCUT2D eigenvalue weighted by Crippen LogP contribution is 2.36. The van der Waals surface area contributed by atoms with Crippen LogP contribution in [0.3, 0.4) is 0 Å². The molecule has 0 spiro atoms. The van der Waals surface area contributed by atoms with Gasteiger partial charge in [-0.25, -0.2) is 0 Å². The first-order valence-corrected chi connectivity index (χ1v) is 5.91. The van der Waals surface area contributed by atoms with Gasteiger partial charge in [-0.15, -0.1) is 0 Å². The monoisotopic (exact) mass is 196 g/mol. The average molecular weight is 196 g/mol. The van der Waals surface area contributed by atoms with E-state index in [1.807, 2.05) is 0 Å². The van der Waals surface area contributed by atoms with Gasteiger partial charge in [0, 0.05) is 18.9 Å². The van der Waals surface area contributed by atoms with Crippen LogP contribution in [0, 0.1) is 17.8 Å². The lowest BCUT2D eigenvalue weighted by Gasteiger charge is -2.30. The van der Waals surface area contributed by atoms with Gasteiger partial charge in [0.2, 0.25) is 0 Å². The van der Waals surface area contributed by atoms with Crippen LogP contribution in [0.25, 0.3) is 0 Å². The number of hydrogen-bond donors (Lipinski definition) is 0. The van der Waals surface area contributed by atoms with Crippen LogP contribution in [0.2, 0.25) is 0 Å². The molecule has 1 saturated carbocycles. The molecular weight excluding hydrogens is 176 g/mol. The molecule has 14 heavy (non-hydrogen) atoms. The second kappa shape index (κ2) is 4.43. The maximum absolute atomic E-state index is 11.8. The summed E-state index contributed by atoms with van der Waals surface area (Å²) in [7, 11) is 0. The van der Waals surface area contributed by atoms with Gasteiger partial charge in [0.05, 0.1) is 6.61 Å². The molecule has 2 aliphatic rings. The van der Waals surface area contributed by atoms with Gasteiger partial charge in [-0.2, -0.15) is 0 Å². The Balaban J connectivity index is 1.96. The van der Waals surface area contributed by atoms with Crippen molar-refractivity contribution in [3.05, 3.63) is 0 Å². The number of ether oxygens (including phenoxy) is 1. The van der Waals surface area contributed by atoms with Gasteiger partial charge in [-0.3, -0.25) is 4.79 Å². The van der Waals surface area contributed by atoms with Crippen LogP contribution in [0.4, 0.5) is 0 Å². The van der Waals surface area contributed by atoms with Crippen molar-refractivity contribution in [2.24, 2.45) is 17.8 Å². The van der Waals surface area contributed by atoms with Gasteiger partial charge in [-0.1, -0.05) is 13.3 Å². The van der Waals surface area contributed by atoms with E-state index in [2.05, 4.69) is 6.92 Å². The first-order chi connectivity index (χ1) is 6.81. The third-order valence-corrected chi connectivity index (χ3v) is 3.91. The summed E-state index contributed by atoms with van der Waals surface area (Å²) in [6.07, 6.45) is 5.41. The summed E-state index contributed by atoms with van der Waals surface area (Å²) in [6, 6.07) is 0. The normalized spacial score (nSPS) is 38.9. The minimum absolute atomic E-state index is 0.330. The summed E-state index contributed by atoms with van der Waals surface area (Å²) in [5.74, 6) is 2.16. The molecule has 2 nitrogen and oxygen atoms in total. The Bertz CT molecular complexity index is 206. The summed E-state index contributed by atoms with van der Waals surface area (Å²) < 4.78 is 5.38. The van der Waals surface area contributed by atoms with Gasteiger partial charge in [0.1, 0.15) is 5.78 Å². The molecule has 0 aromatic rings. The molecule has 0 aromatic heterocycles. The lowest BCUT2D eigenvalue weighted by molar-refractivity contribution is -0.127. The molecule has 2 fully saturated rings. The Morgan fingerprint density at radius 1 is 1.43 bits per heavy atom.